The molecule has 0 heterocycles. The minimum atomic E-state index is -0.199. The van der Waals surface area contributed by atoms with Crippen LogP contribution in [0.2, 0.25) is 0 Å². The van der Waals surface area contributed by atoms with E-state index in [2.05, 4.69) is 23.9 Å². The van der Waals surface area contributed by atoms with Crippen molar-refractivity contribution in [1.82, 2.24) is 5.32 Å². The first-order valence-corrected chi connectivity index (χ1v) is 5.74. The lowest BCUT2D eigenvalue weighted by atomic mass is 10.2. The third kappa shape index (κ3) is 8.12. The van der Waals surface area contributed by atoms with E-state index in [0.29, 0.717) is 12.6 Å². The number of thioether (sulfide) groups is 1. The van der Waals surface area contributed by atoms with E-state index in [1.807, 2.05) is 11.8 Å². The summed E-state index contributed by atoms with van der Waals surface area (Å²) in [6.45, 7) is 4.55. The number of esters is 1. The number of methoxy groups -OCH3 is 1. The van der Waals surface area contributed by atoms with Crippen LogP contribution in [0.5, 0.6) is 0 Å². The van der Waals surface area contributed by atoms with E-state index < -0.39 is 0 Å². The molecule has 0 radical (unpaired) electrons. The standard InChI is InChI=1S/C9H19NO2S/c1-4-13-6-5-8(2)10-7-9(11)12-3/h8,10H,4-7H2,1-3H3. The van der Waals surface area contributed by atoms with Crippen LogP contribution < -0.4 is 5.32 Å². The smallest absolute Gasteiger partial charge is 0.319 e. The van der Waals surface area contributed by atoms with Gasteiger partial charge in [-0.1, -0.05) is 6.92 Å². The minimum absolute atomic E-state index is 0.199. The maximum atomic E-state index is 10.8. The van der Waals surface area contributed by atoms with Gasteiger partial charge in [-0.2, -0.15) is 11.8 Å². The predicted molar refractivity (Wildman–Crippen MR) is 57.1 cm³/mol. The lowest BCUT2D eigenvalue weighted by molar-refractivity contribution is -0.139. The summed E-state index contributed by atoms with van der Waals surface area (Å²) in [7, 11) is 1.40. The van der Waals surface area contributed by atoms with Crippen molar-refractivity contribution >= 4 is 17.7 Å². The van der Waals surface area contributed by atoms with Crippen LogP contribution in [0.15, 0.2) is 0 Å². The van der Waals surface area contributed by atoms with E-state index in [1.165, 1.54) is 7.11 Å². The maximum absolute atomic E-state index is 10.8. The summed E-state index contributed by atoms with van der Waals surface area (Å²) < 4.78 is 4.52. The topological polar surface area (TPSA) is 38.3 Å². The van der Waals surface area contributed by atoms with Gasteiger partial charge in [-0.3, -0.25) is 4.79 Å². The van der Waals surface area contributed by atoms with Gasteiger partial charge >= 0.3 is 5.97 Å². The van der Waals surface area contributed by atoms with Crippen LogP contribution in [0.4, 0.5) is 0 Å². The van der Waals surface area contributed by atoms with Crippen LogP contribution in [0, 0.1) is 0 Å². The number of hydrogen-bond donors (Lipinski definition) is 1. The summed E-state index contributed by atoms with van der Waals surface area (Å²) in [5.41, 5.74) is 0. The Kier molecular flexibility index (Phi) is 8.24. The lowest BCUT2D eigenvalue weighted by Crippen LogP contribution is -2.32. The SMILES string of the molecule is CCSCCC(C)NCC(=O)OC. The van der Waals surface area contributed by atoms with Gasteiger partial charge in [0, 0.05) is 6.04 Å². The predicted octanol–water partition coefficient (Wildman–Crippen LogP) is 1.28. The Hall–Kier alpha value is -0.220. The highest BCUT2D eigenvalue weighted by molar-refractivity contribution is 7.99. The monoisotopic (exact) mass is 205 g/mol. The molecule has 0 aliphatic heterocycles. The van der Waals surface area contributed by atoms with E-state index in [0.717, 1.165) is 17.9 Å². The molecule has 0 spiro atoms. The van der Waals surface area contributed by atoms with Gasteiger partial charge in [0.05, 0.1) is 13.7 Å². The Morgan fingerprint density at radius 2 is 2.31 bits per heavy atom. The fourth-order valence-corrected chi connectivity index (χ4v) is 1.65. The fourth-order valence-electron chi connectivity index (χ4n) is 0.836. The number of hydrogen-bond acceptors (Lipinski definition) is 4. The van der Waals surface area contributed by atoms with E-state index >= 15 is 0 Å². The zero-order valence-corrected chi connectivity index (χ0v) is 9.45. The highest BCUT2D eigenvalue weighted by atomic mass is 32.2. The highest BCUT2D eigenvalue weighted by Crippen LogP contribution is 2.03. The second kappa shape index (κ2) is 8.38. The number of nitrogens with one attached hydrogen (secondary N) is 1. The van der Waals surface area contributed by atoms with Crippen LogP contribution in [0.25, 0.3) is 0 Å². The van der Waals surface area contributed by atoms with E-state index in [-0.39, 0.29) is 5.97 Å². The van der Waals surface area contributed by atoms with Crippen molar-refractivity contribution in [3.8, 4) is 0 Å². The number of carbonyl (C=O) groups excluding carboxylic acids is 1. The molecule has 0 rings (SSSR count). The number of rotatable bonds is 7. The van der Waals surface area contributed by atoms with E-state index in [4.69, 9.17) is 0 Å². The molecule has 0 aromatic rings. The van der Waals surface area contributed by atoms with Gasteiger partial charge in [-0.05, 0) is 24.9 Å². The van der Waals surface area contributed by atoms with Crippen LogP contribution in [0.3, 0.4) is 0 Å². The van der Waals surface area contributed by atoms with Gasteiger partial charge in [-0.15, -0.1) is 0 Å². The van der Waals surface area contributed by atoms with Crippen molar-refractivity contribution in [3.05, 3.63) is 0 Å². The number of ether oxygens (including phenoxy) is 1. The molecule has 1 unspecified atom stereocenters. The summed E-state index contributed by atoms with van der Waals surface area (Å²) >= 11 is 1.92. The van der Waals surface area contributed by atoms with Crippen molar-refractivity contribution in [2.45, 2.75) is 26.3 Å². The van der Waals surface area contributed by atoms with Crippen molar-refractivity contribution < 1.29 is 9.53 Å². The Morgan fingerprint density at radius 3 is 2.85 bits per heavy atom. The molecule has 13 heavy (non-hydrogen) atoms. The summed E-state index contributed by atoms with van der Waals surface area (Å²) in [4.78, 5) is 10.8. The number of carbonyl (C=O) groups is 1. The molecular formula is C9H19NO2S. The Labute approximate surface area is 84.6 Å². The molecule has 1 N–H and O–H groups in total. The third-order valence-corrected chi connectivity index (χ3v) is 2.65. The molecule has 0 aromatic carbocycles. The van der Waals surface area contributed by atoms with Crippen molar-refractivity contribution in [2.75, 3.05) is 25.2 Å². The summed E-state index contributed by atoms with van der Waals surface area (Å²) in [6, 6.07) is 0.387. The largest absolute Gasteiger partial charge is 0.468 e. The molecule has 0 aromatic heterocycles. The normalized spacial score (nSPS) is 12.5. The Balaban J connectivity index is 3.29. The Morgan fingerprint density at radius 1 is 1.62 bits per heavy atom. The molecule has 78 valence electrons. The zero-order chi connectivity index (χ0) is 10.1. The van der Waals surface area contributed by atoms with Crippen molar-refractivity contribution in [3.63, 3.8) is 0 Å². The van der Waals surface area contributed by atoms with Crippen molar-refractivity contribution in [2.24, 2.45) is 0 Å². The summed E-state index contributed by atoms with van der Waals surface area (Å²) in [5, 5.41) is 3.10. The average molecular weight is 205 g/mol. The molecule has 0 bridgehead atoms. The van der Waals surface area contributed by atoms with Crippen LogP contribution >= 0.6 is 11.8 Å². The molecule has 0 saturated carbocycles. The quantitative estimate of drug-likeness (QED) is 0.502. The lowest BCUT2D eigenvalue weighted by Gasteiger charge is -2.11. The zero-order valence-electron chi connectivity index (χ0n) is 8.63. The van der Waals surface area contributed by atoms with Crippen LogP contribution in [-0.2, 0) is 9.53 Å². The van der Waals surface area contributed by atoms with Gasteiger partial charge < -0.3 is 10.1 Å². The van der Waals surface area contributed by atoms with Gasteiger partial charge in [0.15, 0.2) is 0 Å². The first-order chi connectivity index (χ1) is 6.20. The van der Waals surface area contributed by atoms with Crippen LogP contribution in [-0.4, -0.2) is 37.2 Å². The molecular weight excluding hydrogens is 186 g/mol. The van der Waals surface area contributed by atoms with Crippen molar-refractivity contribution in [1.29, 1.82) is 0 Å². The molecule has 3 nitrogen and oxygen atoms in total. The highest BCUT2D eigenvalue weighted by Gasteiger charge is 2.04. The molecule has 0 aliphatic carbocycles. The summed E-state index contributed by atoms with van der Waals surface area (Å²) in [6.07, 6.45) is 1.09. The van der Waals surface area contributed by atoms with E-state index in [1.54, 1.807) is 0 Å². The maximum Gasteiger partial charge on any atom is 0.319 e. The van der Waals surface area contributed by atoms with Gasteiger partial charge in [0.2, 0.25) is 0 Å². The van der Waals surface area contributed by atoms with Gasteiger partial charge in [0.1, 0.15) is 0 Å². The fraction of sp³-hybridized carbons (Fsp3) is 0.889. The summed E-state index contributed by atoms with van der Waals surface area (Å²) in [5.74, 6) is 2.10. The molecule has 0 aliphatic rings. The van der Waals surface area contributed by atoms with Gasteiger partial charge in [-0.25, -0.2) is 0 Å². The second-order valence-electron chi connectivity index (χ2n) is 2.84. The minimum Gasteiger partial charge on any atom is -0.468 e. The first-order valence-electron chi connectivity index (χ1n) is 4.58. The molecule has 1 atom stereocenters. The van der Waals surface area contributed by atoms with Crippen LogP contribution in [0.1, 0.15) is 20.3 Å². The molecule has 0 amide bonds. The average Bonchev–Trinajstić information content (AvgIpc) is 2.14. The Bertz CT molecular complexity index is 142. The second-order valence-corrected chi connectivity index (χ2v) is 4.24. The molecule has 0 saturated heterocycles. The third-order valence-electron chi connectivity index (χ3n) is 1.72. The first kappa shape index (κ1) is 12.8. The molecule has 4 heteroatoms. The molecule has 0 fully saturated rings. The van der Waals surface area contributed by atoms with Gasteiger partial charge in [0.25, 0.3) is 0 Å². The van der Waals surface area contributed by atoms with E-state index in [9.17, 15) is 4.79 Å².